The van der Waals surface area contributed by atoms with E-state index in [0.717, 1.165) is 10.9 Å². The molecular weight excluding hydrogens is 322 g/mol. The molecule has 1 atom stereocenters. The number of aryl methyl sites for hydroxylation is 1. The minimum Gasteiger partial charge on any atom is -0.375 e. The summed E-state index contributed by atoms with van der Waals surface area (Å²) in [6.07, 6.45) is 6.56. The van der Waals surface area contributed by atoms with Gasteiger partial charge in [-0.1, -0.05) is 31.0 Å². The van der Waals surface area contributed by atoms with Crippen molar-refractivity contribution in [1.82, 2.24) is 14.5 Å². The van der Waals surface area contributed by atoms with Gasteiger partial charge in [-0.2, -0.15) is 0 Å². The third-order valence-electron chi connectivity index (χ3n) is 5.21. The molecule has 3 rings (SSSR count). The van der Waals surface area contributed by atoms with Gasteiger partial charge >= 0.3 is 0 Å². The molecule has 0 bridgehead atoms. The van der Waals surface area contributed by atoms with Crippen LogP contribution in [0.2, 0.25) is 0 Å². The van der Waals surface area contributed by atoms with Gasteiger partial charge in [-0.3, -0.25) is 4.79 Å². The number of morpholine rings is 1. The van der Waals surface area contributed by atoms with Crippen LogP contribution in [0.1, 0.15) is 56.5 Å². The minimum atomic E-state index is 0.140. The number of aromatic nitrogens is 2. The number of hydrogen-bond donors (Lipinski definition) is 0. The molecule has 1 aliphatic heterocycles. The van der Waals surface area contributed by atoms with Crippen molar-refractivity contribution in [3.63, 3.8) is 0 Å². The summed E-state index contributed by atoms with van der Waals surface area (Å²) in [5.74, 6) is 0.665. The highest BCUT2D eigenvalue weighted by Gasteiger charge is 2.25. The molecule has 2 heterocycles. The molecule has 1 unspecified atom stereocenters. The molecule has 2 fully saturated rings. The zero-order valence-electron chi connectivity index (χ0n) is 15.1. The van der Waals surface area contributed by atoms with Crippen LogP contribution in [0.25, 0.3) is 0 Å². The van der Waals surface area contributed by atoms with Crippen LogP contribution in [0.3, 0.4) is 0 Å². The SMILES string of the molecule is Cc1nc(SCC(=O)N2CCOC(C)C2)n(C2CCCCC2)c1C. The van der Waals surface area contributed by atoms with Gasteiger partial charge in [0, 0.05) is 24.8 Å². The van der Waals surface area contributed by atoms with Crippen molar-refractivity contribution in [2.24, 2.45) is 0 Å². The standard InChI is InChI=1S/C18H29N3O2S/c1-13-11-20(9-10-23-13)17(22)12-24-18-19-14(2)15(3)21(18)16-7-5-4-6-8-16/h13,16H,4-12H2,1-3H3. The van der Waals surface area contributed by atoms with Crippen molar-refractivity contribution < 1.29 is 9.53 Å². The Balaban J connectivity index is 1.66. The van der Waals surface area contributed by atoms with Crippen molar-refractivity contribution in [3.8, 4) is 0 Å². The smallest absolute Gasteiger partial charge is 0.233 e. The van der Waals surface area contributed by atoms with E-state index < -0.39 is 0 Å². The van der Waals surface area contributed by atoms with Crippen LogP contribution in [0.15, 0.2) is 5.16 Å². The second kappa shape index (κ2) is 7.91. The third kappa shape index (κ3) is 3.97. The molecule has 134 valence electrons. The topological polar surface area (TPSA) is 47.4 Å². The number of imidazole rings is 1. The highest BCUT2D eigenvalue weighted by Crippen LogP contribution is 2.34. The van der Waals surface area contributed by atoms with Gasteiger partial charge in [0.25, 0.3) is 0 Å². The van der Waals surface area contributed by atoms with E-state index >= 15 is 0 Å². The molecule has 0 radical (unpaired) electrons. The van der Waals surface area contributed by atoms with Gasteiger partial charge in [0.2, 0.25) is 5.91 Å². The van der Waals surface area contributed by atoms with Crippen molar-refractivity contribution >= 4 is 17.7 Å². The molecule has 5 nitrogen and oxygen atoms in total. The van der Waals surface area contributed by atoms with Gasteiger partial charge in [0.1, 0.15) is 0 Å². The number of carbonyl (C=O) groups excluding carboxylic acids is 1. The fourth-order valence-electron chi connectivity index (χ4n) is 3.73. The van der Waals surface area contributed by atoms with Gasteiger partial charge in [0.05, 0.1) is 24.2 Å². The Morgan fingerprint density at radius 3 is 2.75 bits per heavy atom. The number of amides is 1. The second-order valence-electron chi connectivity index (χ2n) is 7.04. The molecule has 1 saturated carbocycles. The Kier molecular flexibility index (Phi) is 5.87. The monoisotopic (exact) mass is 351 g/mol. The number of ether oxygens (including phenoxy) is 1. The van der Waals surface area contributed by atoms with E-state index in [-0.39, 0.29) is 12.0 Å². The lowest BCUT2D eigenvalue weighted by Gasteiger charge is -2.31. The predicted molar refractivity (Wildman–Crippen MR) is 96.5 cm³/mol. The largest absolute Gasteiger partial charge is 0.375 e. The summed E-state index contributed by atoms with van der Waals surface area (Å²) in [5.41, 5.74) is 2.35. The summed E-state index contributed by atoms with van der Waals surface area (Å²) in [4.78, 5) is 19.2. The van der Waals surface area contributed by atoms with Crippen LogP contribution in [-0.4, -0.2) is 51.9 Å². The summed E-state index contributed by atoms with van der Waals surface area (Å²) in [6.45, 7) is 8.31. The average molecular weight is 352 g/mol. The van der Waals surface area contributed by atoms with Crippen LogP contribution in [-0.2, 0) is 9.53 Å². The number of thioether (sulfide) groups is 1. The van der Waals surface area contributed by atoms with Gasteiger partial charge in [-0.15, -0.1) is 0 Å². The average Bonchev–Trinajstić information content (AvgIpc) is 2.88. The highest BCUT2D eigenvalue weighted by atomic mass is 32.2. The highest BCUT2D eigenvalue weighted by molar-refractivity contribution is 7.99. The molecule has 1 amide bonds. The van der Waals surface area contributed by atoms with Crippen LogP contribution >= 0.6 is 11.8 Å². The second-order valence-corrected chi connectivity index (χ2v) is 7.98. The molecule has 0 spiro atoms. The number of hydrogen-bond acceptors (Lipinski definition) is 4. The zero-order chi connectivity index (χ0) is 17.1. The Hall–Kier alpha value is -1.01. The van der Waals surface area contributed by atoms with E-state index in [1.165, 1.54) is 37.8 Å². The van der Waals surface area contributed by atoms with E-state index in [1.807, 2.05) is 11.8 Å². The molecule has 1 saturated heterocycles. The summed E-state index contributed by atoms with van der Waals surface area (Å²) in [6, 6.07) is 0.556. The lowest BCUT2D eigenvalue weighted by molar-refractivity contribution is -0.135. The third-order valence-corrected chi connectivity index (χ3v) is 6.15. The zero-order valence-corrected chi connectivity index (χ0v) is 15.9. The molecular formula is C18H29N3O2S. The Labute approximate surface area is 149 Å². The van der Waals surface area contributed by atoms with E-state index in [1.54, 1.807) is 11.8 Å². The molecule has 1 aromatic heterocycles. The molecule has 6 heteroatoms. The molecule has 24 heavy (non-hydrogen) atoms. The maximum absolute atomic E-state index is 12.5. The quantitative estimate of drug-likeness (QED) is 0.781. The first-order valence-corrected chi connectivity index (χ1v) is 10.1. The number of carbonyl (C=O) groups is 1. The van der Waals surface area contributed by atoms with E-state index in [2.05, 4.69) is 18.4 Å². The summed E-state index contributed by atoms with van der Waals surface area (Å²) >= 11 is 1.60. The normalized spacial score (nSPS) is 22.8. The molecule has 1 aliphatic carbocycles. The molecule has 0 N–H and O–H groups in total. The van der Waals surface area contributed by atoms with E-state index in [4.69, 9.17) is 9.72 Å². The van der Waals surface area contributed by atoms with Crippen molar-refractivity contribution in [2.75, 3.05) is 25.4 Å². The Morgan fingerprint density at radius 1 is 1.29 bits per heavy atom. The van der Waals surface area contributed by atoms with Crippen LogP contribution < -0.4 is 0 Å². The Bertz CT molecular complexity index is 581. The first-order chi connectivity index (χ1) is 11.6. The first kappa shape index (κ1) is 17.8. The van der Waals surface area contributed by atoms with E-state index in [0.29, 0.717) is 31.5 Å². The van der Waals surface area contributed by atoms with Crippen LogP contribution in [0.5, 0.6) is 0 Å². The maximum Gasteiger partial charge on any atom is 0.233 e. The van der Waals surface area contributed by atoms with Crippen molar-refractivity contribution in [2.45, 2.75) is 70.2 Å². The predicted octanol–water partition coefficient (Wildman–Crippen LogP) is 3.34. The van der Waals surface area contributed by atoms with Gasteiger partial charge in [-0.25, -0.2) is 4.98 Å². The summed E-state index contributed by atoms with van der Waals surface area (Å²) < 4.78 is 7.92. The van der Waals surface area contributed by atoms with Crippen molar-refractivity contribution in [1.29, 1.82) is 0 Å². The summed E-state index contributed by atoms with van der Waals surface area (Å²) in [5, 5.41) is 1.02. The summed E-state index contributed by atoms with van der Waals surface area (Å²) in [7, 11) is 0. The Morgan fingerprint density at radius 2 is 2.04 bits per heavy atom. The van der Waals surface area contributed by atoms with Crippen molar-refractivity contribution in [3.05, 3.63) is 11.4 Å². The molecule has 0 aromatic carbocycles. The van der Waals surface area contributed by atoms with Gasteiger partial charge < -0.3 is 14.2 Å². The fourth-order valence-corrected chi connectivity index (χ4v) is 4.79. The lowest BCUT2D eigenvalue weighted by atomic mass is 9.95. The lowest BCUT2D eigenvalue weighted by Crippen LogP contribution is -2.45. The molecule has 1 aromatic rings. The van der Waals surface area contributed by atoms with Gasteiger partial charge in [0.15, 0.2) is 5.16 Å². The molecule has 2 aliphatic rings. The fraction of sp³-hybridized carbons (Fsp3) is 0.778. The van der Waals surface area contributed by atoms with E-state index in [9.17, 15) is 4.79 Å². The first-order valence-electron chi connectivity index (χ1n) is 9.14. The minimum absolute atomic E-state index is 0.140. The van der Waals surface area contributed by atoms with Gasteiger partial charge in [-0.05, 0) is 33.6 Å². The van der Waals surface area contributed by atoms with Crippen LogP contribution in [0, 0.1) is 13.8 Å². The van der Waals surface area contributed by atoms with Crippen LogP contribution in [0.4, 0.5) is 0 Å². The number of rotatable bonds is 4. The maximum atomic E-state index is 12.5. The number of nitrogens with zero attached hydrogens (tertiary/aromatic N) is 3.